The van der Waals surface area contributed by atoms with Gasteiger partial charge in [0.1, 0.15) is 5.75 Å². The van der Waals surface area contributed by atoms with Crippen molar-refractivity contribution in [2.75, 3.05) is 19.4 Å². The summed E-state index contributed by atoms with van der Waals surface area (Å²) in [5.41, 5.74) is 3.00. The van der Waals surface area contributed by atoms with Gasteiger partial charge in [-0.05, 0) is 29.3 Å². The fraction of sp³-hybridized carbons (Fsp3) is 0.261. The number of para-hydroxylation sites is 1. The van der Waals surface area contributed by atoms with Crippen molar-refractivity contribution in [3.05, 3.63) is 71.7 Å². The number of methoxy groups -OCH3 is 1. The Bertz CT molecular complexity index is 1280. The second-order valence-electron chi connectivity index (χ2n) is 7.57. The van der Waals surface area contributed by atoms with Gasteiger partial charge in [0.15, 0.2) is 5.16 Å². The van der Waals surface area contributed by atoms with Crippen LogP contribution in [0.3, 0.4) is 0 Å². The van der Waals surface area contributed by atoms with E-state index in [2.05, 4.69) is 20.5 Å². The maximum atomic E-state index is 12.9. The maximum absolute atomic E-state index is 12.9. The number of alkyl halides is 3. The van der Waals surface area contributed by atoms with Crippen molar-refractivity contribution in [3.63, 3.8) is 0 Å². The fourth-order valence-corrected chi connectivity index (χ4v) is 4.45. The van der Waals surface area contributed by atoms with Gasteiger partial charge in [-0.25, -0.2) is 0 Å². The van der Waals surface area contributed by atoms with Crippen LogP contribution in [0.5, 0.6) is 5.75 Å². The number of benzene rings is 2. The normalized spacial score (nSPS) is 12.6. The van der Waals surface area contributed by atoms with Gasteiger partial charge in [-0.15, -0.1) is 10.2 Å². The van der Waals surface area contributed by atoms with Gasteiger partial charge >= 0.3 is 6.18 Å². The minimum atomic E-state index is -4.60. The van der Waals surface area contributed by atoms with Crippen LogP contribution in [-0.2, 0) is 18.0 Å². The molecule has 0 aliphatic heterocycles. The number of carbonyl (C=O) groups excluding carboxylic acids is 1. The molecule has 7 nitrogen and oxygen atoms in total. The number of ether oxygens (including phenoxy) is 1. The summed E-state index contributed by atoms with van der Waals surface area (Å²) >= 11 is 0.899. The van der Waals surface area contributed by atoms with Crippen LogP contribution < -0.4 is 10.1 Å². The molecule has 2 aromatic carbocycles. The summed E-state index contributed by atoms with van der Waals surface area (Å²) in [7, 11) is 2.82. The predicted molar refractivity (Wildman–Crippen MR) is 123 cm³/mol. The average Bonchev–Trinajstić information content (AvgIpc) is 3.42. The largest absolute Gasteiger partial charge is 0.497 e. The molecule has 34 heavy (non-hydrogen) atoms. The summed E-state index contributed by atoms with van der Waals surface area (Å²) in [5.74, 6) is -0.937. The summed E-state index contributed by atoms with van der Waals surface area (Å²) in [6.07, 6.45) is -2.67. The number of hydrogen-bond acceptors (Lipinski definition) is 5. The molecule has 1 unspecified atom stereocenters. The number of aromatic nitrogens is 4. The molecule has 0 spiro atoms. The van der Waals surface area contributed by atoms with E-state index in [4.69, 9.17) is 4.74 Å². The van der Waals surface area contributed by atoms with E-state index in [1.807, 2.05) is 54.7 Å². The smallest absolute Gasteiger partial charge is 0.451 e. The molecule has 0 aliphatic rings. The Kier molecular flexibility index (Phi) is 6.82. The zero-order valence-electron chi connectivity index (χ0n) is 18.4. The minimum absolute atomic E-state index is 0.0193. The van der Waals surface area contributed by atoms with Crippen molar-refractivity contribution in [2.24, 2.45) is 7.05 Å². The zero-order valence-corrected chi connectivity index (χ0v) is 19.2. The van der Waals surface area contributed by atoms with Gasteiger partial charge in [-0.1, -0.05) is 42.1 Å². The number of amides is 1. The molecule has 11 heteroatoms. The second-order valence-corrected chi connectivity index (χ2v) is 8.51. The summed E-state index contributed by atoms with van der Waals surface area (Å²) < 4.78 is 44.8. The van der Waals surface area contributed by atoms with Crippen LogP contribution in [0.15, 0.2) is 59.9 Å². The second kappa shape index (κ2) is 9.80. The molecular weight excluding hydrogens is 467 g/mol. The number of carbonyl (C=O) groups is 1. The van der Waals surface area contributed by atoms with Crippen LogP contribution >= 0.6 is 11.8 Å². The minimum Gasteiger partial charge on any atom is -0.497 e. The number of halogens is 3. The third-order valence-corrected chi connectivity index (χ3v) is 6.46. The molecule has 2 N–H and O–H groups in total. The standard InChI is InChI=1S/C23H22F3N5O2S/c1-31-21(23(24,25)26)29-30-22(31)34-13-20(32)28-11-17(14-7-9-15(33-2)10-8-14)18-12-27-19-6-4-3-5-16(18)19/h3-10,12,17,27H,11,13H2,1-2H3,(H,28,32). The molecule has 4 rings (SSSR count). The molecule has 0 saturated carbocycles. The van der Waals surface area contributed by atoms with E-state index >= 15 is 0 Å². The molecule has 1 amide bonds. The van der Waals surface area contributed by atoms with Gasteiger partial charge in [0.2, 0.25) is 11.7 Å². The Hall–Kier alpha value is -3.47. The SMILES string of the molecule is COc1ccc(C(CNC(=O)CSc2nnc(C(F)(F)F)n2C)c2c[nH]c3ccccc23)cc1. The Morgan fingerprint density at radius 3 is 2.59 bits per heavy atom. The first-order valence-electron chi connectivity index (χ1n) is 10.3. The predicted octanol–water partition coefficient (Wildman–Crippen LogP) is 4.36. The van der Waals surface area contributed by atoms with Crippen LogP contribution in [0.4, 0.5) is 13.2 Å². The third-order valence-electron chi connectivity index (χ3n) is 5.44. The number of fused-ring (bicyclic) bond motifs is 1. The number of nitrogens with zero attached hydrogens (tertiary/aromatic N) is 3. The molecule has 4 aromatic rings. The van der Waals surface area contributed by atoms with E-state index in [1.54, 1.807) is 7.11 Å². The van der Waals surface area contributed by atoms with Crippen LogP contribution in [0.25, 0.3) is 10.9 Å². The van der Waals surface area contributed by atoms with Crippen molar-refractivity contribution < 1.29 is 22.7 Å². The van der Waals surface area contributed by atoms with Crippen LogP contribution in [0.2, 0.25) is 0 Å². The number of aromatic amines is 1. The lowest BCUT2D eigenvalue weighted by molar-refractivity contribution is -0.147. The van der Waals surface area contributed by atoms with Gasteiger partial charge in [0.05, 0.1) is 12.9 Å². The van der Waals surface area contributed by atoms with Gasteiger partial charge < -0.3 is 19.6 Å². The van der Waals surface area contributed by atoms with Crippen molar-refractivity contribution in [3.8, 4) is 5.75 Å². The van der Waals surface area contributed by atoms with Crippen molar-refractivity contribution in [2.45, 2.75) is 17.3 Å². The fourth-order valence-electron chi connectivity index (χ4n) is 3.71. The first kappa shape index (κ1) is 23.7. The lowest BCUT2D eigenvalue weighted by Gasteiger charge is -2.18. The maximum Gasteiger partial charge on any atom is 0.451 e. The highest BCUT2D eigenvalue weighted by molar-refractivity contribution is 7.99. The van der Waals surface area contributed by atoms with Crippen LogP contribution in [0, 0.1) is 0 Å². The Labute approximate surface area is 197 Å². The monoisotopic (exact) mass is 489 g/mol. The first-order chi connectivity index (χ1) is 16.3. The number of nitrogens with one attached hydrogen (secondary N) is 2. The highest BCUT2D eigenvalue weighted by atomic mass is 32.2. The van der Waals surface area contributed by atoms with Crippen LogP contribution in [-0.4, -0.2) is 45.1 Å². The number of hydrogen-bond donors (Lipinski definition) is 2. The molecular formula is C23H22F3N5O2S. The molecule has 0 saturated heterocycles. The lowest BCUT2D eigenvalue weighted by atomic mass is 9.91. The van der Waals surface area contributed by atoms with E-state index in [-0.39, 0.29) is 22.7 Å². The topological polar surface area (TPSA) is 84.8 Å². The Balaban J connectivity index is 1.48. The van der Waals surface area contributed by atoms with E-state index in [0.29, 0.717) is 6.54 Å². The van der Waals surface area contributed by atoms with E-state index in [9.17, 15) is 18.0 Å². The molecule has 1 atom stereocenters. The molecule has 178 valence electrons. The molecule has 0 radical (unpaired) electrons. The summed E-state index contributed by atoms with van der Waals surface area (Å²) in [6, 6.07) is 15.5. The number of thioether (sulfide) groups is 1. The quantitative estimate of drug-likeness (QED) is 0.359. The number of rotatable bonds is 8. The zero-order chi connectivity index (χ0) is 24.3. The summed E-state index contributed by atoms with van der Waals surface area (Å²) in [6.45, 7) is 0.306. The molecule has 0 bridgehead atoms. The molecule has 2 aromatic heterocycles. The van der Waals surface area contributed by atoms with Crippen molar-refractivity contribution in [1.82, 2.24) is 25.1 Å². The Morgan fingerprint density at radius 1 is 1.18 bits per heavy atom. The summed E-state index contributed by atoms with van der Waals surface area (Å²) in [5, 5.41) is 10.7. The van der Waals surface area contributed by atoms with Gasteiger partial charge in [-0.2, -0.15) is 13.2 Å². The molecule has 2 heterocycles. The average molecular weight is 490 g/mol. The van der Waals surface area contributed by atoms with Crippen molar-refractivity contribution >= 4 is 28.6 Å². The third kappa shape index (κ3) is 5.04. The van der Waals surface area contributed by atoms with Crippen molar-refractivity contribution in [1.29, 1.82) is 0 Å². The number of H-pyrrole nitrogens is 1. The van der Waals surface area contributed by atoms with Gasteiger partial charge in [0, 0.05) is 36.6 Å². The molecule has 0 fully saturated rings. The van der Waals surface area contributed by atoms with E-state index in [1.165, 1.54) is 7.05 Å². The van der Waals surface area contributed by atoms with Gasteiger partial charge in [0.25, 0.3) is 0 Å². The van der Waals surface area contributed by atoms with Crippen LogP contribution in [0.1, 0.15) is 22.9 Å². The summed E-state index contributed by atoms with van der Waals surface area (Å²) in [4.78, 5) is 15.8. The highest BCUT2D eigenvalue weighted by Crippen LogP contribution is 2.32. The first-order valence-corrected chi connectivity index (χ1v) is 11.3. The highest BCUT2D eigenvalue weighted by Gasteiger charge is 2.37. The van der Waals surface area contributed by atoms with Gasteiger partial charge in [-0.3, -0.25) is 4.79 Å². The Morgan fingerprint density at radius 2 is 1.91 bits per heavy atom. The van der Waals surface area contributed by atoms with E-state index in [0.717, 1.165) is 44.1 Å². The van der Waals surface area contributed by atoms with E-state index < -0.39 is 12.0 Å². The lowest BCUT2D eigenvalue weighted by Crippen LogP contribution is -2.30. The molecule has 0 aliphatic carbocycles.